The molecule has 0 unspecified atom stereocenters. The lowest BCUT2D eigenvalue weighted by molar-refractivity contribution is -0.116. The van der Waals surface area contributed by atoms with Gasteiger partial charge in [-0.2, -0.15) is 0 Å². The first-order valence-electron chi connectivity index (χ1n) is 11.5. The lowest BCUT2D eigenvalue weighted by Gasteiger charge is -2.33. The molecule has 0 bridgehead atoms. The van der Waals surface area contributed by atoms with Crippen LogP contribution in [0.3, 0.4) is 0 Å². The zero-order valence-corrected chi connectivity index (χ0v) is 20.4. The Labute approximate surface area is 209 Å². The van der Waals surface area contributed by atoms with E-state index in [1.807, 2.05) is 6.92 Å². The van der Waals surface area contributed by atoms with E-state index in [0.29, 0.717) is 23.1 Å². The fourth-order valence-electron chi connectivity index (χ4n) is 4.59. The smallest absolute Gasteiger partial charge is 0.229 e. The number of rotatable bonds is 7. The molecule has 0 radical (unpaired) electrons. The number of Topliss-reactive ketones (excluding diaryl/α,β-unsaturated/α-hetero) is 2. The first-order chi connectivity index (χ1) is 17.2. The fourth-order valence-corrected chi connectivity index (χ4v) is 4.59. The van der Waals surface area contributed by atoms with E-state index >= 15 is 0 Å². The highest BCUT2D eigenvalue weighted by Gasteiger charge is 2.43. The van der Waals surface area contributed by atoms with E-state index in [1.165, 1.54) is 25.3 Å². The summed E-state index contributed by atoms with van der Waals surface area (Å²) >= 11 is 0. The fraction of sp³-hybridized carbons (Fsp3) is 0.241. The van der Waals surface area contributed by atoms with E-state index in [0.717, 1.165) is 16.7 Å². The summed E-state index contributed by atoms with van der Waals surface area (Å²) < 4.78 is 11.1. The molecule has 1 atom stereocenters. The second-order valence-electron chi connectivity index (χ2n) is 9.00. The molecule has 0 amide bonds. The number of allylic oxidation sites excluding steroid dienone is 4. The van der Waals surface area contributed by atoms with Gasteiger partial charge in [-0.3, -0.25) is 9.59 Å². The van der Waals surface area contributed by atoms with Gasteiger partial charge in [-0.15, -0.1) is 0 Å². The Hall–Kier alpha value is -4.10. The number of aliphatic hydroxyl groups excluding tert-OH is 1. The SMILES string of the molecule is C=C(C)[C@@H]1Cc2cc(OC/C=C(\C)CO)c(O)cc2C2=C1C(=O)C(c1ccc(O)cc1)=C(OC)C2=O. The second kappa shape index (κ2) is 9.87. The van der Waals surface area contributed by atoms with Crippen LogP contribution in [0.25, 0.3) is 11.1 Å². The van der Waals surface area contributed by atoms with Gasteiger partial charge in [0.15, 0.2) is 23.0 Å². The molecule has 0 spiro atoms. The van der Waals surface area contributed by atoms with Crippen molar-refractivity contribution in [3.63, 3.8) is 0 Å². The molecule has 7 nitrogen and oxygen atoms in total. The van der Waals surface area contributed by atoms with Crippen molar-refractivity contribution < 1.29 is 34.4 Å². The maximum Gasteiger partial charge on any atom is 0.229 e. The largest absolute Gasteiger partial charge is 0.508 e. The predicted molar refractivity (Wildman–Crippen MR) is 135 cm³/mol. The van der Waals surface area contributed by atoms with Crippen molar-refractivity contribution in [1.29, 1.82) is 0 Å². The summed E-state index contributed by atoms with van der Waals surface area (Å²) in [7, 11) is 1.34. The van der Waals surface area contributed by atoms with Gasteiger partial charge in [0, 0.05) is 17.1 Å². The van der Waals surface area contributed by atoms with Crippen LogP contribution in [0, 0.1) is 5.92 Å². The Morgan fingerprint density at radius 2 is 1.78 bits per heavy atom. The van der Waals surface area contributed by atoms with E-state index in [9.17, 15) is 19.8 Å². The van der Waals surface area contributed by atoms with Crippen LogP contribution < -0.4 is 4.74 Å². The number of fused-ring (bicyclic) bond motifs is 2. The third kappa shape index (κ3) is 4.33. The third-order valence-electron chi connectivity index (χ3n) is 6.50. The molecule has 3 N–H and O–H groups in total. The number of methoxy groups -OCH3 is 1. The molecule has 2 aliphatic rings. The van der Waals surface area contributed by atoms with Gasteiger partial charge in [0.1, 0.15) is 12.4 Å². The molecule has 2 aromatic carbocycles. The second-order valence-corrected chi connectivity index (χ2v) is 9.00. The minimum Gasteiger partial charge on any atom is -0.508 e. The number of hydrogen-bond acceptors (Lipinski definition) is 7. The average Bonchev–Trinajstić information content (AvgIpc) is 2.85. The number of ketones is 2. The van der Waals surface area contributed by atoms with Crippen molar-refractivity contribution in [3.05, 3.63) is 88.2 Å². The van der Waals surface area contributed by atoms with Crippen LogP contribution in [0.15, 0.2) is 71.5 Å². The number of ether oxygens (including phenoxy) is 2. The van der Waals surface area contributed by atoms with E-state index in [4.69, 9.17) is 14.6 Å². The molecule has 2 aromatic rings. The molecule has 0 heterocycles. The van der Waals surface area contributed by atoms with Crippen LogP contribution in [0.2, 0.25) is 0 Å². The number of carbonyl (C=O) groups excluding carboxylic acids is 2. The highest BCUT2D eigenvalue weighted by Crippen LogP contribution is 2.48. The minimum absolute atomic E-state index is 0.0368. The van der Waals surface area contributed by atoms with Crippen LogP contribution in [-0.2, 0) is 20.7 Å². The van der Waals surface area contributed by atoms with Gasteiger partial charge >= 0.3 is 0 Å². The van der Waals surface area contributed by atoms with Gasteiger partial charge < -0.3 is 24.8 Å². The van der Waals surface area contributed by atoms with Crippen LogP contribution in [0.1, 0.15) is 30.5 Å². The van der Waals surface area contributed by atoms with Gasteiger partial charge in [-0.1, -0.05) is 24.3 Å². The Morgan fingerprint density at radius 1 is 1.08 bits per heavy atom. The summed E-state index contributed by atoms with van der Waals surface area (Å²) in [6.45, 7) is 7.72. The molecule has 2 aliphatic carbocycles. The molecule has 4 rings (SSSR count). The van der Waals surface area contributed by atoms with Crippen molar-refractivity contribution in [3.8, 4) is 17.2 Å². The first kappa shape index (κ1) is 25.0. The number of carbonyl (C=O) groups is 2. The lowest BCUT2D eigenvalue weighted by atomic mass is 9.69. The average molecular weight is 489 g/mol. The Bertz CT molecular complexity index is 1360. The number of benzene rings is 2. The lowest BCUT2D eigenvalue weighted by Crippen LogP contribution is -2.32. The van der Waals surface area contributed by atoms with Crippen molar-refractivity contribution in [2.45, 2.75) is 20.3 Å². The van der Waals surface area contributed by atoms with E-state index in [-0.39, 0.29) is 53.2 Å². The van der Waals surface area contributed by atoms with Crippen molar-refractivity contribution in [1.82, 2.24) is 0 Å². The normalized spacial score (nSPS) is 17.7. The minimum atomic E-state index is -0.461. The molecule has 0 fully saturated rings. The summed E-state index contributed by atoms with van der Waals surface area (Å²) in [6, 6.07) is 9.14. The summed E-state index contributed by atoms with van der Waals surface area (Å²) in [5.41, 5.74) is 3.74. The highest BCUT2D eigenvalue weighted by molar-refractivity contribution is 6.48. The summed E-state index contributed by atoms with van der Waals surface area (Å²) in [5, 5.41) is 29.5. The van der Waals surface area contributed by atoms with Gasteiger partial charge in [-0.25, -0.2) is 0 Å². The monoisotopic (exact) mass is 488 g/mol. The topological polar surface area (TPSA) is 113 Å². The molecule has 0 aromatic heterocycles. The maximum atomic E-state index is 13.9. The van der Waals surface area contributed by atoms with Gasteiger partial charge in [0.2, 0.25) is 5.78 Å². The summed E-state index contributed by atoms with van der Waals surface area (Å²) in [5.74, 6) is -1.23. The molecular weight excluding hydrogens is 460 g/mol. The third-order valence-corrected chi connectivity index (χ3v) is 6.50. The van der Waals surface area contributed by atoms with Gasteiger partial charge in [-0.05, 0) is 72.9 Å². The van der Waals surface area contributed by atoms with Crippen molar-refractivity contribution >= 4 is 22.7 Å². The summed E-state index contributed by atoms with van der Waals surface area (Å²) in [4.78, 5) is 27.7. The number of hydrogen-bond donors (Lipinski definition) is 3. The Morgan fingerprint density at radius 3 is 2.39 bits per heavy atom. The number of phenolic OH excluding ortho intramolecular Hbond substituents is 2. The predicted octanol–water partition coefficient (Wildman–Crippen LogP) is 4.13. The van der Waals surface area contributed by atoms with Crippen LogP contribution in [0.5, 0.6) is 17.2 Å². The standard InChI is InChI=1S/C29H28O7/c1-15(2)20-11-18-12-23(36-10-9-16(3)14-30)22(32)13-21(18)26-25(20)27(33)24(29(35-4)28(26)34)17-5-7-19(31)8-6-17/h5-9,12-13,20,30-32H,1,10-11,14H2,2-4H3/b16-9+/t20-/m0/s1. The van der Waals surface area contributed by atoms with Crippen molar-refractivity contribution in [2.75, 3.05) is 20.3 Å². The van der Waals surface area contributed by atoms with E-state index in [2.05, 4.69) is 6.58 Å². The van der Waals surface area contributed by atoms with Crippen LogP contribution in [-0.4, -0.2) is 47.2 Å². The number of phenols is 2. The molecule has 36 heavy (non-hydrogen) atoms. The number of aromatic hydroxyl groups is 2. The zero-order valence-electron chi connectivity index (χ0n) is 20.4. The molecule has 0 saturated carbocycles. The van der Waals surface area contributed by atoms with E-state index in [1.54, 1.807) is 31.2 Å². The van der Waals surface area contributed by atoms with Crippen LogP contribution in [0.4, 0.5) is 0 Å². The van der Waals surface area contributed by atoms with Gasteiger partial charge in [0.05, 0.1) is 19.3 Å². The Balaban J connectivity index is 1.85. The maximum absolute atomic E-state index is 13.9. The quantitative estimate of drug-likeness (QED) is 0.397. The molecule has 0 saturated heterocycles. The summed E-state index contributed by atoms with van der Waals surface area (Å²) in [6.07, 6.45) is 2.11. The molecule has 0 aliphatic heterocycles. The highest BCUT2D eigenvalue weighted by atomic mass is 16.5. The van der Waals surface area contributed by atoms with Gasteiger partial charge in [0.25, 0.3) is 0 Å². The molecule has 7 heteroatoms. The molecular formula is C29H28O7. The van der Waals surface area contributed by atoms with Crippen LogP contribution >= 0.6 is 0 Å². The first-order valence-corrected chi connectivity index (χ1v) is 11.5. The zero-order chi connectivity index (χ0) is 26.1. The van der Waals surface area contributed by atoms with E-state index < -0.39 is 11.7 Å². The molecule has 186 valence electrons. The van der Waals surface area contributed by atoms with Crippen molar-refractivity contribution in [2.24, 2.45) is 5.92 Å². The number of aliphatic hydroxyl groups is 1. The Kier molecular flexibility index (Phi) is 6.86.